The van der Waals surface area contributed by atoms with Crippen molar-refractivity contribution in [1.82, 2.24) is 9.97 Å². The zero-order chi connectivity index (χ0) is 10.7. The van der Waals surface area contributed by atoms with Crippen molar-refractivity contribution < 1.29 is 9.90 Å². The number of carbonyl (C=O) groups is 1. The number of aliphatic carboxylic acids is 1. The highest BCUT2D eigenvalue weighted by Crippen LogP contribution is 2.08. The Hall–Kier alpha value is -1.65. The third-order valence-corrected chi connectivity index (χ3v) is 1.72. The molecule has 1 heterocycles. The van der Waals surface area contributed by atoms with Crippen LogP contribution in [0.3, 0.4) is 0 Å². The van der Waals surface area contributed by atoms with Crippen molar-refractivity contribution >= 4 is 5.97 Å². The lowest BCUT2D eigenvalue weighted by molar-refractivity contribution is -0.136. The average Bonchev–Trinajstić information content (AvgIpc) is 2.01. The van der Waals surface area contributed by atoms with Crippen molar-refractivity contribution in [2.24, 2.45) is 0 Å². The Morgan fingerprint density at radius 3 is 2.79 bits per heavy atom. The molecule has 0 spiro atoms. The number of aromatic amines is 1. The van der Waals surface area contributed by atoms with Gasteiger partial charge >= 0.3 is 5.97 Å². The second-order valence-corrected chi connectivity index (χ2v) is 3.34. The summed E-state index contributed by atoms with van der Waals surface area (Å²) in [5.41, 5.74) is 0.310. The van der Waals surface area contributed by atoms with Crippen LogP contribution in [-0.4, -0.2) is 21.0 Å². The van der Waals surface area contributed by atoms with Gasteiger partial charge in [0.1, 0.15) is 12.2 Å². The molecule has 0 saturated carbocycles. The lowest BCUT2D eigenvalue weighted by atomic mass is 10.1. The third kappa shape index (κ3) is 2.69. The zero-order valence-electron chi connectivity index (χ0n) is 8.07. The van der Waals surface area contributed by atoms with Crippen molar-refractivity contribution in [1.29, 1.82) is 0 Å². The van der Waals surface area contributed by atoms with Crippen LogP contribution in [0.15, 0.2) is 10.9 Å². The minimum absolute atomic E-state index is 0.116. The Morgan fingerprint density at radius 1 is 1.64 bits per heavy atom. The molecular formula is C9H12N2O3. The fourth-order valence-corrected chi connectivity index (χ4v) is 1.05. The molecule has 0 aliphatic rings. The van der Waals surface area contributed by atoms with E-state index in [0.29, 0.717) is 5.69 Å². The molecule has 0 amide bonds. The standard InChI is InChI=1S/C9H12N2O3/c1-5(2)6-3-8(12)11-7(10-6)4-9(13)14/h3,5H,4H2,1-2H3,(H,13,14)(H,10,11,12). The Morgan fingerprint density at radius 2 is 2.29 bits per heavy atom. The summed E-state index contributed by atoms with van der Waals surface area (Å²) in [5.74, 6) is -0.687. The van der Waals surface area contributed by atoms with Gasteiger partial charge in [-0.1, -0.05) is 13.8 Å². The summed E-state index contributed by atoms with van der Waals surface area (Å²) < 4.78 is 0. The number of H-pyrrole nitrogens is 1. The number of nitrogens with zero attached hydrogens (tertiary/aromatic N) is 1. The van der Waals surface area contributed by atoms with E-state index in [1.165, 1.54) is 6.07 Å². The summed E-state index contributed by atoms with van der Waals surface area (Å²) >= 11 is 0. The Labute approximate surface area is 80.8 Å². The van der Waals surface area contributed by atoms with Gasteiger partial charge in [-0.05, 0) is 5.92 Å². The molecule has 0 fully saturated rings. The Balaban J connectivity index is 3.07. The predicted molar refractivity (Wildman–Crippen MR) is 50.3 cm³/mol. The maximum atomic E-state index is 11.1. The molecule has 1 aromatic heterocycles. The molecule has 5 nitrogen and oxygen atoms in total. The van der Waals surface area contributed by atoms with Gasteiger partial charge in [0, 0.05) is 6.07 Å². The van der Waals surface area contributed by atoms with Crippen molar-refractivity contribution in [3.8, 4) is 0 Å². The smallest absolute Gasteiger partial charge is 0.311 e. The highest BCUT2D eigenvalue weighted by Gasteiger charge is 2.07. The van der Waals surface area contributed by atoms with Gasteiger partial charge in [-0.2, -0.15) is 0 Å². The van der Waals surface area contributed by atoms with Crippen LogP contribution in [0.4, 0.5) is 0 Å². The zero-order valence-corrected chi connectivity index (χ0v) is 8.07. The van der Waals surface area contributed by atoms with Crippen molar-refractivity contribution in [2.45, 2.75) is 26.2 Å². The minimum atomic E-state index is -1.01. The molecule has 0 saturated heterocycles. The first kappa shape index (κ1) is 10.4. The van der Waals surface area contributed by atoms with E-state index in [9.17, 15) is 9.59 Å². The van der Waals surface area contributed by atoms with Crippen LogP contribution in [0.25, 0.3) is 0 Å². The molecule has 0 aliphatic carbocycles. The van der Waals surface area contributed by atoms with Gasteiger partial charge in [-0.3, -0.25) is 9.59 Å². The molecule has 0 aliphatic heterocycles. The Bertz CT molecular complexity index is 395. The van der Waals surface area contributed by atoms with Gasteiger partial charge in [-0.25, -0.2) is 4.98 Å². The highest BCUT2D eigenvalue weighted by atomic mass is 16.4. The number of aromatic nitrogens is 2. The van der Waals surface area contributed by atoms with Gasteiger partial charge in [0.2, 0.25) is 0 Å². The SMILES string of the molecule is CC(C)c1cc(=O)[nH]c(CC(=O)O)n1. The van der Waals surface area contributed by atoms with E-state index < -0.39 is 5.97 Å². The first-order chi connectivity index (χ1) is 6.49. The largest absolute Gasteiger partial charge is 0.481 e. The van der Waals surface area contributed by atoms with Crippen molar-refractivity contribution in [3.63, 3.8) is 0 Å². The normalized spacial score (nSPS) is 10.5. The summed E-state index contributed by atoms with van der Waals surface area (Å²) in [7, 11) is 0. The van der Waals surface area contributed by atoms with E-state index in [-0.39, 0.29) is 23.7 Å². The van der Waals surface area contributed by atoms with Crippen molar-refractivity contribution in [3.05, 3.63) is 27.9 Å². The minimum Gasteiger partial charge on any atom is -0.481 e. The summed E-state index contributed by atoms with van der Waals surface area (Å²) in [5, 5.41) is 8.53. The van der Waals surface area contributed by atoms with Crippen LogP contribution in [-0.2, 0) is 11.2 Å². The first-order valence-corrected chi connectivity index (χ1v) is 4.31. The number of carboxylic acid groups (broad SMARTS) is 1. The van der Waals surface area contributed by atoms with Crippen LogP contribution in [0.5, 0.6) is 0 Å². The Kier molecular flexibility index (Phi) is 3.01. The molecule has 1 rings (SSSR count). The number of nitrogens with one attached hydrogen (secondary N) is 1. The van der Waals surface area contributed by atoms with Crippen molar-refractivity contribution in [2.75, 3.05) is 0 Å². The molecule has 76 valence electrons. The van der Waals surface area contributed by atoms with Gasteiger partial charge in [0.05, 0.1) is 5.69 Å². The fourth-order valence-electron chi connectivity index (χ4n) is 1.05. The van der Waals surface area contributed by atoms with Crippen LogP contribution in [0.1, 0.15) is 31.3 Å². The number of rotatable bonds is 3. The molecular weight excluding hydrogens is 184 g/mol. The molecule has 0 unspecified atom stereocenters. The summed E-state index contributed by atoms with van der Waals surface area (Å²) in [6.07, 6.45) is -0.254. The van der Waals surface area contributed by atoms with E-state index in [1.807, 2.05) is 13.8 Å². The quantitative estimate of drug-likeness (QED) is 0.738. The second kappa shape index (κ2) is 4.04. The summed E-state index contributed by atoms with van der Waals surface area (Å²) in [6, 6.07) is 1.38. The number of hydrogen-bond acceptors (Lipinski definition) is 3. The summed E-state index contributed by atoms with van der Waals surface area (Å²) in [6.45, 7) is 3.79. The topological polar surface area (TPSA) is 83.0 Å². The van der Waals surface area contributed by atoms with Gasteiger partial charge in [0.15, 0.2) is 0 Å². The van der Waals surface area contributed by atoms with E-state index in [1.54, 1.807) is 0 Å². The lowest BCUT2D eigenvalue weighted by Crippen LogP contribution is -2.16. The van der Waals surface area contributed by atoms with Crippen LogP contribution < -0.4 is 5.56 Å². The van der Waals surface area contributed by atoms with E-state index in [2.05, 4.69) is 9.97 Å². The molecule has 0 bridgehead atoms. The predicted octanol–water partition coefficient (Wildman–Crippen LogP) is 0.520. The molecule has 2 N–H and O–H groups in total. The summed E-state index contributed by atoms with van der Waals surface area (Å²) in [4.78, 5) is 27.9. The monoisotopic (exact) mass is 196 g/mol. The molecule has 0 atom stereocenters. The maximum absolute atomic E-state index is 11.1. The van der Waals surface area contributed by atoms with Gasteiger partial charge in [-0.15, -0.1) is 0 Å². The van der Waals surface area contributed by atoms with Gasteiger partial charge in [0.25, 0.3) is 5.56 Å². The average molecular weight is 196 g/mol. The van der Waals surface area contributed by atoms with Crippen LogP contribution in [0.2, 0.25) is 0 Å². The van der Waals surface area contributed by atoms with Crippen LogP contribution in [0, 0.1) is 0 Å². The fraction of sp³-hybridized carbons (Fsp3) is 0.444. The maximum Gasteiger partial charge on any atom is 0.311 e. The molecule has 1 aromatic rings. The highest BCUT2D eigenvalue weighted by molar-refractivity contribution is 5.68. The number of carboxylic acids is 1. The second-order valence-electron chi connectivity index (χ2n) is 3.34. The number of hydrogen-bond donors (Lipinski definition) is 2. The van der Waals surface area contributed by atoms with Crippen LogP contribution >= 0.6 is 0 Å². The van der Waals surface area contributed by atoms with E-state index in [4.69, 9.17) is 5.11 Å². The molecule has 0 radical (unpaired) electrons. The third-order valence-electron chi connectivity index (χ3n) is 1.72. The molecule has 14 heavy (non-hydrogen) atoms. The first-order valence-electron chi connectivity index (χ1n) is 4.31. The van der Waals surface area contributed by atoms with Gasteiger partial charge < -0.3 is 10.1 Å². The van der Waals surface area contributed by atoms with E-state index >= 15 is 0 Å². The lowest BCUT2D eigenvalue weighted by Gasteiger charge is -2.04. The van der Waals surface area contributed by atoms with E-state index in [0.717, 1.165) is 0 Å². The molecule has 0 aromatic carbocycles. The molecule has 5 heteroatoms.